The average Bonchev–Trinajstić information content (AvgIpc) is 3.40. The van der Waals surface area contributed by atoms with E-state index in [1.807, 2.05) is 43.6 Å². The number of likely N-dealkylation sites (tertiary alicyclic amines) is 1. The molecule has 7 nitrogen and oxygen atoms in total. The summed E-state index contributed by atoms with van der Waals surface area (Å²) in [5.41, 5.74) is 2.08. The number of H-pyrrole nitrogens is 1. The molecule has 2 amide bonds. The molecule has 1 aliphatic rings. The molecule has 0 radical (unpaired) electrons. The van der Waals surface area contributed by atoms with E-state index in [4.69, 9.17) is 0 Å². The van der Waals surface area contributed by atoms with Crippen molar-refractivity contribution in [3.05, 3.63) is 54.2 Å². The number of aryl methyl sites for hydroxylation is 2. The van der Waals surface area contributed by atoms with Crippen LogP contribution in [0, 0.1) is 6.92 Å². The summed E-state index contributed by atoms with van der Waals surface area (Å²) < 4.78 is 2.06. The lowest BCUT2D eigenvalue weighted by atomic mass is 10.1. The molecule has 1 atom stereocenters. The fourth-order valence-corrected chi connectivity index (χ4v) is 3.87. The van der Waals surface area contributed by atoms with Crippen LogP contribution in [0.25, 0.3) is 10.9 Å². The monoisotopic (exact) mass is 379 g/mol. The zero-order valence-electron chi connectivity index (χ0n) is 16.0. The minimum Gasteiger partial charge on any atom is -0.361 e. The largest absolute Gasteiger partial charge is 0.361 e. The van der Waals surface area contributed by atoms with Gasteiger partial charge in [0.05, 0.1) is 0 Å². The summed E-state index contributed by atoms with van der Waals surface area (Å²) in [5, 5.41) is 4.09. The van der Waals surface area contributed by atoms with E-state index >= 15 is 0 Å². The molecule has 28 heavy (non-hydrogen) atoms. The van der Waals surface area contributed by atoms with E-state index in [0.29, 0.717) is 25.9 Å². The molecule has 0 spiro atoms. The normalized spacial score (nSPS) is 16.8. The van der Waals surface area contributed by atoms with Crippen molar-refractivity contribution in [1.82, 2.24) is 24.8 Å². The van der Waals surface area contributed by atoms with Crippen molar-refractivity contribution in [1.29, 1.82) is 0 Å². The van der Waals surface area contributed by atoms with Gasteiger partial charge in [-0.1, -0.05) is 18.2 Å². The number of nitrogens with zero attached hydrogens (tertiary/aromatic N) is 3. The van der Waals surface area contributed by atoms with Crippen LogP contribution in [0.4, 0.5) is 0 Å². The van der Waals surface area contributed by atoms with Crippen LogP contribution in [0.2, 0.25) is 0 Å². The van der Waals surface area contributed by atoms with Crippen LogP contribution >= 0.6 is 0 Å². The Balaban J connectivity index is 1.35. The van der Waals surface area contributed by atoms with E-state index in [-0.39, 0.29) is 11.8 Å². The number of nitrogens with one attached hydrogen (secondary N) is 2. The topological polar surface area (TPSA) is 83.0 Å². The van der Waals surface area contributed by atoms with Gasteiger partial charge in [0.25, 0.3) is 0 Å². The molecule has 2 aromatic heterocycles. The van der Waals surface area contributed by atoms with Crippen molar-refractivity contribution in [2.75, 3.05) is 6.54 Å². The number of benzene rings is 1. The van der Waals surface area contributed by atoms with Gasteiger partial charge in [0.2, 0.25) is 11.8 Å². The molecule has 1 unspecified atom stereocenters. The highest BCUT2D eigenvalue weighted by atomic mass is 16.2. The molecule has 2 N–H and O–H groups in total. The number of carbonyl (C=O) groups is 2. The number of rotatable bonds is 7. The molecule has 0 saturated carbocycles. The van der Waals surface area contributed by atoms with E-state index in [1.54, 1.807) is 11.1 Å². The highest BCUT2D eigenvalue weighted by Gasteiger charge is 2.36. The van der Waals surface area contributed by atoms with Crippen molar-refractivity contribution < 1.29 is 9.59 Å². The number of hydrogen-bond donors (Lipinski definition) is 2. The average molecular weight is 379 g/mol. The van der Waals surface area contributed by atoms with E-state index in [2.05, 4.69) is 19.9 Å². The number of fused-ring (bicyclic) bond motifs is 1. The Bertz CT molecular complexity index is 990. The fraction of sp³-hybridized carbons (Fsp3) is 0.381. The second-order valence-electron chi connectivity index (χ2n) is 7.25. The highest BCUT2D eigenvalue weighted by molar-refractivity contribution is 5.91. The number of carbonyl (C=O) groups excluding carboxylic acids is 2. The molecule has 1 fully saturated rings. The molecule has 1 aliphatic heterocycles. The summed E-state index contributed by atoms with van der Waals surface area (Å²) in [4.78, 5) is 34.2. The molecule has 0 aliphatic carbocycles. The summed E-state index contributed by atoms with van der Waals surface area (Å²) in [6.45, 7) is 3.82. The summed E-state index contributed by atoms with van der Waals surface area (Å²) in [5.74, 6) is 0.949. The van der Waals surface area contributed by atoms with E-state index in [9.17, 15) is 9.59 Å². The van der Waals surface area contributed by atoms with Crippen LogP contribution in [0.15, 0.2) is 42.9 Å². The summed E-state index contributed by atoms with van der Waals surface area (Å²) in [7, 11) is 0. The number of hydrogen-bond acceptors (Lipinski definition) is 3. The maximum atomic E-state index is 12.7. The minimum atomic E-state index is -0.392. The Kier molecular flexibility index (Phi) is 5.14. The van der Waals surface area contributed by atoms with Crippen molar-refractivity contribution >= 4 is 22.7 Å². The molecule has 146 valence electrons. The van der Waals surface area contributed by atoms with Gasteiger partial charge in [-0.05, 0) is 31.4 Å². The maximum Gasteiger partial charge on any atom is 0.242 e. The van der Waals surface area contributed by atoms with Crippen LogP contribution in [-0.2, 0) is 22.7 Å². The maximum absolute atomic E-state index is 12.7. The van der Waals surface area contributed by atoms with Crippen LogP contribution in [0.5, 0.6) is 0 Å². The molecule has 1 saturated heterocycles. The smallest absolute Gasteiger partial charge is 0.242 e. The molecule has 4 rings (SSSR count). The van der Waals surface area contributed by atoms with Gasteiger partial charge in [0, 0.05) is 55.5 Å². The van der Waals surface area contributed by atoms with Gasteiger partial charge >= 0.3 is 0 Å². The molecule has 1 aromatic carbocycles. The first-order chi connectivity index (χ1) is 13.6. The summed E-state index contributed by atoms with van der Waals surface area (Å²) in [6, 6.07) is 7.62. The lowest BCUT2D eigenvalue weighted by molar-refractivity contribution is -0.135. The lowest BCUT2D eigenvalue weighted by Crippen LogP contribution is -2.44. The van der Waals surface area contributed by atoms with Gasteiger partial charge in [-0.3, -0.25) is 9.59 Å². The molecular weight excluding hydrogens is 354 g/mol. The van der Waals surface area contributed by atoms with Crippen molar-refractivity contribution in [3.8, 4) is 0 Å². The van der Waals surface area contributed by atoms with Crippen LogP contribution in [0.3, 0.4) is 0 Å². The Hall–Kier alpha value is -3.09. The van der Waals surface area contributed by atoms with Crippen molar-refractivity contribution in [3.63, 3.8) is 0 Å². The van der Waals surface area contributed by atoms with Gasteiger partial charge < -0.3 is 19.8 Å². The van der Waals surface area contributed by atoms with Crippen LogP contribution in [-0.4, -0.2) is 43.8 Å². The Labute approximate surface area is 163 Å². The van der Waals surface area contributed by atoms with Gasteiger partial charge in [-0.15, -0.1) is 0 Å². The van der Waals surface area contributed by atoms with Gasteiger partial charge in [-0.25, -0.2) is 4.98 Å². The lowest BCUT2D eigenvalue weighted by Gasteiger charge is -2.24. The third-order valence-electron chi connectivity index (χ3n) is 5.45. The van der Waals surface area contributed by atoms with Crippen LogP contribution in [0.1, 0.15) is 30.7 Å². The predicted molar refractivity (Wildman–Crippen MR) is 106 cm³/mol. The quantitative estimate of drug-likeness (QED) is 0.618. The first-order valence-corrected chi connectivity index (χ1v) is 9.73. The first kappa shape index (κ1) is 18.3. The zero-order valence-corrected chi connectivity index (χ0v) is 16.0. The third kappa shape index (κ3) is 3.65. The number of aromatic amines is 1. The SMILES string of the molecule is Cc1nccn1CCCNC(=O)C1CCC(=O)N1Cc1c[nH]c2ccccc12. The zero-order chi connectivity index (χ0) is 19.5. The van der Waals surface area contributed by atoms with E-state index < -0.39 is 6.04 Å². The predicted octanol–water partition coefficient (Wildman–Crippen LogP) is 2.37. The second kappa shape index (κ2) is 7.88. The van der Waals surface area contributed by atoms with Gasteiger partial charge in [0.15, 0.2) is 0 Å². The Morgan fingerprint density at radius 2 is 2.21 bits per heavy atom. The highest BCUT2D eigenvalue weighted by Crippen LogP contribution is 2.25. The molecule has 0 bridgehead atoms. The van der Waals surface area contributed by atoms with Gasteiger partial charge in [0.1, 0.15) is 11.9 Å². The number of amides is 2. The number of para-hydroxylation sites is 1. The molecule has 7 heteroatoms. The van der Waals surface area contributed by atoms with Gasteiger partial charge in [-0.2, -0.15) is 0 Å². The number of aromatic nitrogens is 3. The summed E-state index contributed by atoms with van der Waals surface area (Å²) in [6.07, 6.45) is 7.48. The van der Waals surface area contributed by atoms with Crippen molar-refractivity contribution in [2.45, 2.75) is 45.3 Å². The Morgan fingerprint density at radius 1 is 1.36 bits per heavy atom. The van der Waals surface area contributed by atoms with Crippen molar-refractivity contribution in [2.24, 2.45) is 0 Å². The first-order valence-electron chi connectivity index (χ1n) is 9.73. The molecule has 3 aromatic rings. The third-order valence-corrected chi connectivity index (χ3v) is 5.45. The van der Waals surface area contributed by atoms with Crippen LogP contribution < -0.4 is 5.32 Å². The molecular formula is C21H25N5O2. The van der Waals surface area contributed by atoms with E-state index in [0.717, 1.165) is 35.3 Å². The summed E-state index contributed by atoms with van der Waals surface area (Å²) >= 11 is 0. The fourth-order valence-electron chi connectivity index (χ4n) is 3.87. The standard InChI is InChI=1S/C21H25N5O2/c1-15-22-10-12-25(15)11-4-9-23-21(28)19-7-8-20(27)26(19)14-16-13-24-18-6-3-2-5-17(16)18/h2-3,5-6,10,12-13,19,24H,4,7-9,11,14H2,1H3,(H,23,28). The van der Waals surface area contributed by atoms with E-state index in [1.165, 1.54) is 0 Å². The number of imidazole rings is 1. The minimum absolute atomic E-state index is 0.0412. The second-order valence-corrected chi connectivity index (χ2v) is 7.25. The molecule has 3 heterocycles. The Morgan fingerprint density at radius 3 is 3.04 bits per heavy atom.